The van der Waals surface area contributed by atoms with Crippen molar-refractivity contribution >= 4 is 11.9 Å². The van der Waals surface area contributed by atoms with Gasteiger partial charge in [0.25, 0.3) is 0 Å². The van der Waals surface area contributed by atoms with Gasteiger partial charge in [-0.1, -0.05) is 37.3 Å². The van der Waals surface area contributed by atoms with Gasteiger partial charge in [-0.25, -0.2) is 0 Å². The van der Waals surface area contributed by atoms with Gasteiger partial charge in [-0.05, 0) is 12.0 Å². The number of carboxylic acid groups (broad SMARTS) is 1. The molecule has 4 nitrogen and oxygen atoms in total. The van der Waals surface area contributed by atoms with Crippen LogP contribution in [-0.4, -0.2) is 17.0 Å². The van der Waals surface area contributed by atoms with Gasteiger partial charge in [0, 0.05) is 6.42 Å². The summed E-state index contributed by atoms with van der Waals surface area (Å²) in [6.45, 7) is 1.98. The van der Waals surface area contributed by atoms with E-state index in [0.29, 0.717) is 0 Å². The summed E-state index contributed by atoms with van der Waals surface area (Å²) in [5.41, 5.74) is 1.04. The maximum Gasteiger partial charge on any atom is 0.303 e. The third-order valence-corrected chi connectivity index (χ3v) is 2.51. The van der Waals surface area contributed by atoms with Gasteiger partial charge in [-0.3, -0.25) is 9.59 Å². The Balaban J connectivity index is 2.53. The average Bonchev–Trinajstić information content (AvgIpc) is 2.34. The fraction of sp³-hybridized carbons (Fsp3) is 0.385. The zero-order chi connectivity index (χ0) is 12.7. The summed E-state index contributed by atoms with van der Waals surface area (Å²) in [6, 6.07) is 9.61. The molecule has 1 aromatic rings. The third-order valence-electron chi connectivity index (χ3n) is 2.51. The lowest BCUT2D eigenvalue weighted by atomic mass is 10.0. The van der Waals surface area contributed by atoms with Crippen molar-refractivity contribution in [1.82, 2.24) is 5.32 Å². The fourth-order valence-electron chi connectivity index (χ4n) is 1.59. The third kappa shape index (κ3) is 4.68. The molecule has 1 rings (SSSR count). The highest BCUT2D eigenvalue weighted by Gasteiger charge is 2.12. The van der Waals surface area contributed by atoms with Crippen molar-refractivity contribution in [2.75, 3.05) is 0 Å². The van der Waals surface area contributed by atoms with Crippen LogP contribution in [0, 0.1) is 0 Å². The number of nitrogens with one attached hydrogen (secondary N) is 1. The van der Waals surface area contributed by atoms with Crippen molar-refractivity contribution < 1.29 is 14.7 Å². The van der Waals surface area contributed by atoms with Gasteiger partial charge in [0.15, 0.2) is 0 Å². The summed E-state index contributed by atoms with van der Waals surface area (Å²) in [5, 5.41) is 11.3. The van der Waals surface area contributed by atoms with Crippen LogP contribution in [0.25, 0.3) is 0 Å². The minimum absolute atomic E-state index is 0.0265. The van der Waals surface area contributed by atoms with E-state index in [9.17, 15) is 9.59 Å². The smallest absolute Gasteiger partial charge is 0.303 e. The molecule has 92 valence electrons. The number of carboxylic acids is 1. The number of benzene rings is 1. The minimum Gasteiger partial charge on any atom is -0.481 e. The van der Waals surface area contributed by atoms with E-state index in [1.54, 1.807) is 0 Å². The van der Waals surface area contributed by atoms with Crippen molar-refractivity contribution in [2.24, 2.45) is 0 Å². The molecule has 4 heteroatoms. The van der Waals surface area contributed by atoms with E-state index in [1.807, 2.05) is 37.3 Å². The molecule has 2 N–H and O–H groups in total. The second kappa shape index (κ2) is 6.68. The molecular weight excluding hydrogens is 218 g/mol. The highest BCUT2D eigenvalue weighted by atomic mass is 16.4. The summed E-state index contributed by atoms with van der Waals surface area (Å²) in [4.78, 5) is 21.9. The van der Waals surface area contributed by atoms with Gasteiger partial charge in [-0.2, -0.15) is 0 Å². The van der Waals surface area contributed by atoms with Gasteiger partial charge >= 0.3 is 5.97 Å². The molecule has 0 bridgehead atoms. The zero-order valence-electron chi connectivity index (χ0n) is 9.85. The molecule has 0 aliphatic rings. The predicted octanol–water partition coefficient (Wildman–Crippen LogP) is 2.12. The highest BCUT2D eigenvalue weighted by Crippen LogP contribution is 2.15. The second-order valence-corrected chi connectivity index (χ2v) is 3.83. The molecule has 0 aliphatic carbocycles. The van der Waals surface area contributed by atoms with Gasteiger partial charge in [0.1, 0.15) is 0 Å². The molecular formula is C13H17NO3. The number of rotatable bonds is 6. The number of aliphatic carboxylic acids is 1. The van der Waals surface area contributed by atoms with Crippen molar-refractivity contribution in [3.8, 4) is 0 Å². The summed E-state index contributed by atoms with van der Waals surface area (Å²) < 4.78 is 0. The summed E-state index contributed by atoms with van der Waals surface area (Å²) in [7, 11) is 0. The van der Waals surface area contributed by atoms with Gasteiger partial charge < -0.3 is 10.4 Å². The van der Waals surface area contributed by atoms with E-state index in [4.69, 9.17) is 5.11 Å². The molecule has 1 aromatic carbocycles. The largest absolute Gasteiger partial charge is 0.481 e. The van der Waals surface area contributed by atoms with Crippen LogP contribution in [0.5, 0.6) is 0 Å². The summed E-state index contributed by atoms with van der Waals surface area (Å²) >= 11 is 0. The molecule has 0 fully saturated rings. The van der Waals surface area contributed by atoms with Crippen molar-refractivity contribution in [1.29, 1.82) is 0 Å². The Labute approximate surface area is 101 Å². The molecule has 1 atom stereocenters. The van der Waals surface area contributed by atoms with E-state index < -0.39 is 5.97 Å². The maximum absolute atomic E-state index is 11.5. The first-order valence-corrected chi connectivity index (χ1v) is 5.69. The van der Waals surface area contributed by atoms with Crippen LogP contribution >= 0.6 is 0 Å². The van der Waals surface area contributed by atoms with Crippen LogP contribution in [0.2, 0.25) is 0 Å². The van der Waals surface area contributed by atoms with Crippen LogP contribution < -0.4 is 5.32 Å². The van der Waals surface area contributed by atoms with E-state index in [2.05, 4.69) is 5.32 Å². The fourth-order valence-corrected chi connectivity index (χ4v) is 1.59. The lowest BCUT2D eigenvalue weighted by Gasteiger charge is -2.17. The highest BCUT2D eigenvalue weighted by molar-refractivity contribution is 5.80. The molecule has 0 radical (unpaired) electrons. The summed E-state index contributed by atoms with van der Waals surface area (Å²) in [6.07, 6.45) is 0.679. The second-order valence-electron chi connectivity index (χ2n) is 3.83. The first-order chi connectivity index (χ1) is 8.13. The number of amides is 1. The normalized spacial score (nSPS) is 11.8. The van der Waals surface area contributed by atoms with Crippen molar-refractivity contribution in [2.45, 2.75) is 32.2 Å². The lowest BCUT2D eigenvalue weighted by molar-refractivity contribution is -0.138. The zero-order valence-corrected chi connectivity index (χ0v) is 9.85. The molecule has 17 heavy (non-hydrogen) atoms. The van der Waals surface area contributed by atoms with E-state index in [-0.39, 0.29) is 24.8 Å². The van der Waals surface area contributed by atoms with Crippen molar-refractivity contribution in [3.05, 3.63) is 35.9 Å². The Morgan fingerprint density at radius 1 is 1.24 bits per heavy atom. The molecule has 1 amide bonds. The van der Waals surface area contributed by atoms with E-state index in [0.717, 1.165) is 12.0 Å². The van der Waals surface area contributed by atoms with Crippen molar-refractivity contribution in [3.63, 3.8) is 0 Å². The Hall–Kier alpha value is -1.84. The predicted molar refractivity (Wildman–Crippen MR) is 64.5 cm³/mol. The van der Waals surface area contributed by atoms with Crippen LogP contribution in [0.15, 0.2) is 30.3 Å². The Morgan fingerprint density at radius 2 is 1.88 bits per heavy atom. The van der Waals surface area contributed by atoms with Gasteiger partial charge in [0.05, 0.1) is 12.5 Å². The molecule has 0 unspecified atom stereocenters. The topological polar surface area (TPSA) is 66.4 Å². The molecule has 0 aliphatic heterocycles. The molecule has 0 saturated heterocycles. The first-order valence-electron chi connectivity index (χ1n) is 5.69. The number of carbonyl (C=O) groups excluding carboxylic acids is 1. The molecule has 0 aromatic heterocycles. The van der Waals surface area contributed by atoms with Gasteiger partial charge in [0.2, 0.25) is 5.91 Å². The maximum atomic E-state index is 11.5. The first kappa shape index (κ1) is 13.2. The van der Waals surface area contributed by atoms with Crippen LogP contribution in [-0.2, 0) is 9.59 Å². The van der Waals surface area contributed by atoms with E-state index in [1.165, 1.54) is 0 Å². The standard InChI is InChI=1S/C13H17NO3/c1-2-11(10-6-4-3-5-7-10)14-12(15)8-9-13(16)17/h3-7,11H,2,8-9H2,1H3,(H,14,15)(H,16,17)/t11-/m1/s1. The Morgan fingerprint density at radius 3 is 2.41 bits per heavy atom. The lowest BCUT2D eigenvalue weighted by Crippen LogP contribution is -2.28. The Bertz CT molecular complexity index is 376. The quantitative estimate of drug-likeness (QED) is 0.793. The number of hydrogen-bond acceptors (Lipinski definition) is 2. The molecule has 0 saturated carbocycles. The minimum atomic E-state index is -0.951. The average molecular weight is 235 g/mol. The summed E-state index contributed by atoms with van der Waals surface area (Å²) in [5.74, 6) is -1.17. The van der Waals surface area contributed by atoms with Crippen LogP contribution in [0.3, 0.4) is 0 Å². The van der Waals surface area contributed by atoms with Crippen LogP contribution in [0.1, 0.15) is 37.8 Å². The number of carbonyl (C=O) groups is 2. The molecule has 0 spiro atoms. The SMILES string of the molecule is CC[C@@H](NC(=O)CCC(=O)O)c1ccccc1. The monoisotopic (exact) mass is 235 g/mol. The molecule has 0 heterocycles. The number of hydrogen-bond donors (Lipinski definition) is 2. The van der Waals surface area contributed by atoms with E-state index >= 15 is 0 Å². The Kier molecular flexibility index (Phi) is 5.20. The van der Waals surface area contributed by atoms with Crippen LogP contribution in [0.4, 0.5) is 0 Å². The van der Waals surface area contributed by atoms with Gasteiger partial charge in [-0.15, -0.1) is 0 Å².